The third kappa shape index (κ3) is 5.03. The maximum absolute atomic E-state index is 14.9. The molecule has 0 aliphatic carbocycles. The predicted molar refractivity (Wildman–Crippen MR) is 124 cm³/mol. The molecule has 1 atom stereocenters. The summed E-state index contributed by atoms with van der Waals surface area (Å²) in [4.78, 5) is 8.94. The maximum Gasteiger partial charge on any atom is 0.152 e. The number of halogens is 1. The monoisotopic (exact) mass is 441 g/mol. The van der Waals surface area contributed by atoms with Gasteiger partial charge in [0.25, 0.3) is 0 Å². The highest BCUT2D eigenvalue weighted by Gasteiger charge is 2.37. The van der Waals surface area contributed by atoms with Gasteiger partial charge in [0, 0.05) is 52.7 Å². The third-order valence-electron chi connectivity index (χ3n) is 5.47. The van der Waals surface area contributed by atoms with Crippen LogP contribution in [0.3, 0.4) is 0 Å². The van der Waals surface area contributed by atoms with E-state index < -0.39 is 0 Å². The molecule has 0 spiro atoms. The second kappa shape index (κ2) is 8.90. The number of hydrogen-bond donors (Lipinski definition) is 2. The Morgan fingerprint density at radius 3 is 2.61 bits per heavy atom. The van der Waals surface area contributed by atoms with Crippen LogP contribution in [0.25, 0.3) is 11.1 Å². The predicted octanol–water partition coefficient (Wildman–Crippen LogP) is 3.39. The van der Waals surface area contributed by atoms with Gasteiger partial charge in [-0.1, -0.05) is 29.4 Å². The smallest absolute Gasteiger partial charge is 0.152 e. The molecule has 2 aromatic rings. The van der Waals surface area contributed by atoms with Crippen molar-refractivity contribution in [1.82, 2.24) is 9.91 Å². The second-order valence-corrected chi connectivity index (χ2v) is 10.1. The van der Waals surface area contributed by atoms with Crippen LogP contribution in [0.1, 0.15) is 18.9 Å². The fourth-order valence-corrected chi connectivity index (χ4v) is 5.59. The Morgan fingerprint density at radius 1 is 1.26 bits per heavy atom. The van der Waals surface area contributed by atoms with Crippen LogP contribution in [0.4, 0.5) is 4.39 Å². The molecule has 2 aliphatic heterocycles. The molecule has 2 heterocycles. The van der Waals surface area contributed by atoms with Crippen molar-refractivity contribution in [2.45, 2.75) is 29.1 Å². The van der Waals surface area contributed by atoms with Gasteiger partial charge in [0.15, 0.2) is 6.10 Å². The van der Waals surface area contributed by atoms with Gasteiger partial charge in [0.2, 0.25) is 0 Å². The molecule has 1 unspecified atom stereocenters. The van der Waals surface area contributed by atoms with Crippen LogP contribution in [0, 0.1) is 5.82 Å². The van der Waals surface area contributed by atoms with Gasteiger partial charge in [-0.15, -0.1) is 11.8 Å². The summed E-state index contributed by atoms with van der Waals surface area (Å²) in [7, 11) is 2.13. The van der Waals surface area contributed by atoms with Crippen molar-refractivity contribution < 1.29 is 9.23 Å². The Kier molecular flexibility index (Phi) is 6.22. The molecule has 1 saturated heterocycles. The van der Waals surface area contributed by atoms with E-state index in [9.17, 15) is 4.39 Å². The van der Waals surface area contributed by atoms with Crippen LogP contribution in [-0.2, 0) is 4.84 Å². The quantitative estimate of drug-likeness (QED) is 0.507. The zero-order chi connectivity index (χ0) is 22.0. The van der Waals surface area contributed by atoms with E-state index in [-0.39, 0.29) is 16.7 Å². The molecule has 2 aliphatic rings. The van der Waals surface area contributed by atoms with Gasteiger partial charge in [0.05, 0.1) is 12.3 Å². The summed E-state index contributed by atoms with van der Waals surface area (Å²) < 4.78 is 15.2. The van der Waals surface area contributed by atoms with Crippen LogP contribution >= 0.6 is 11.8 Å². The summed E-state index contributed by atoms with van der Waals surface area (Å²) in [5.41, 5.74) is 8.20. The molecule has 0 saturated carbocycles. The first-order valence-electron chi connectivity index (χ1n) is 10.3. The summed E-state index contributed by atoms with van der Waals surface area (Å²) in [6.45, 7) is 4.89. The van der Waals surface area contributed by atoms with Crippen LogP contribution in [-0.4, -0.2) is 53.2 Å². The van der Waals surface area contributed by atoms with Gasteiger partial charge in [-0.05, 0) is 37.7 Å². The summed E-state index contributed by atoms with van der Waals surface area (Å²) in [6, 6.07) is 13.3. The molecule has 0 bridgehead atoms. The summed E-state index contributed by atoms with van der Waals surface area (Å²) in [6.07, 6.45) is 3.29. The lowest BCUT2D eigenvalue weighted by atomic mass is 9.99. The number of oxime groups is 1. The average Bonchev–Trinajstić information content (AvgIpc) is 3.16. The Labute approximate surface area is 186 Å². The Hall–Kier alpha value is -2.55. The lowest BCUT2D eigenvalue weighted by molar-refractivity contribution is 0.0640. The van der Waals surface area contributed by atoms with Crippen molar-refractivity contribution in [3.63, 3.8) is 0 Å². The summed E-state index contributed by atoms with van der Waals surface area (Å²) in [5.74, 6) is 5.52. The number of rotatable bonds is 7. The van der Waals surface area contributed by atoms with E-state index in [1.165, 1.54) is 22.2 Å². The van der Waals surface area contributed by atoms with Crippen molar-refractivity contribution in [2.75, 3.05) is 26.7 Å². The van der Waals surface area contributed by atoms with Gasteiger partial charge in [-0.3, -0.25) is 0 Å². The number of nitrogens with zero attached hydrogens (tertiary/aromatic N) is 3. The van der Waals surface area contributed by atoms with Crippen LogP contribution < -0.4 is 11.6 Å². The maximum atomic E-state index is 14.9. The van der Waals surface area contributed by atoms with Crippen molar-refractivity contribution in [1.29, 1.82) is 0 Å². The second-order valence-electron chi connectivity index (χ2n) is 8.45. The summed E-state index contributed by atoms with van der Waals surface area (Å²) >= 11 is 1.88. The van der Waals surface area contributed by atoms with Gasteiger partial charge in [-0.2, -0.15) is 0 Å². The number of nitrogens with two attached hydrogens (primary N) is 2. The SMILES string of the molecule is CN1CC(C)(Sc2ccc(-c3ccc(C4=NOC(CN(N)/C=C\N)C4)cc3F)cc2)C1. The lowest BCUT2D eigenvalue weighted by Crippen LogP contribution is -2.55. The molecule has 4 N–H and O–H groups in total. The van der Waals surface area contributed by atoms with E-state index in [2.05, 4.69) is 36.2 Å². The Balaban J connectivity index is 1.41. The molecule has 6 nitrogen and oxygen atoms in total. The molecular formula is C23H28FN5OS. The minimum Gasteiger partial charge on any atom is -0.403 e. The van der Waals surface area contributed by atoms with E-state index in [0.29, 0.717) is 24.2 Å². The highest BCUT2D eigenvalue weighted by molar-refractivity contribution is 8.00. The van der Waals surface area contributed by atoms with Crippen LogP contribution in [0.2, 0.25) is 0 Å². The minimum absolute atomic E-state index is 0.193. The van der Waals surface area contributed by atoms with E-state index in [0.717, 1.165) is 24.2 Å². The van der Waals surface area contributed by atoms with Crippen molar-refractivity contribution in [3.8, 4) is 11.1 Å². The van der Waals surface area contributed by atoms with Gasteiger partial charge >= 0.3 is 0 Å². The third-order valence-corrected chi connectivity index (χ3v) is 6.72. The largest absolute Gasteiger partial charge is 0.403 e. The molecule has 1 fully saturated rings. The number of benzene rings is 2. The zero-order valence-electron chi connectivity index (χ0n) is 17.8. The van der Waals surface area contributed by atoms with Crippen molar-refractivity contribution in [3.05, 3.63) is 66.2 Å². The zero-order valence-corrected chi connectivity index (χ0v) is 18.6. The molecule has 8 heteroatoms. The highest BCUT2D eigenvalue weighted by Crippen LogP contribution is 2.39. The van der Waals surface area contributed by atoms with Gasteiger partial charge in [-0.25, -0.2) is 10.2 Å². The average molecular weight is 442 g/mol. The van der Waals surface area contributed by atoms with E-state index in [4.69, 9.17) is 16.4 Å². The first-order chi connectivity index (χ1) is 14.8. The molecule has 2 aromatic carbocycles. The van der Waals surface area contributed by atoms with E-state index in [1.807, 2.05) is 30.0 Å². The topological polar surface area (TPSA) is 80.1 Å². The normalized spacial score (nSPS) is 20.4. The molecule has 31 heavy (non-hydrogen) atoms. The summed E-state index contributed by atoms with van der Waals surface area (Å²) in [5, 5.41) is 5.56. The first-order valence-corrected chi connectivity index (χ1v) is 11.1. The van der Waals surface area contributed by atoms with Gasteiger partial charge in [0.1, 0.15) is 5.82 Å². The van der Waals surface area contributed by atoms with Crippen molar-refractivity contribution in [2.24, 2.45) is 16.7 Å². The molecule has 0 aromatic heterocycles. The van der Waals surface area contributed by atoms with E-state index in [1.54, 1.807) is 12.3 Å². The Bertz CT molecular complexity index is 988. The minimum atomic E-state index is -0.275. The number of thioether (sulfide) groups is 1. The van der Waals surface area contributed by atoms with Gasteiger partial charge < -0.3 is 20.5 Å². The highest BCUT2D eigenvalue weighted by atomic mass is 32.2. The lowest BCUT2D eigenvalue weighted by Gasteiger charge is -2.45. The van der Waals surface area contributed by atoms with Crippen LogP contribution in [0.15, 0.2) is 64.9 Å². The van der Waals surface area contributed by atoms with Crippen LogP contribution in [0.5, 0.6) is 0 Å². The number of hydrogen-bond acceptors (Lipinski definition) is 7. The number of hydrazine groups is 1. The fourth-order valence-electron chi connectivity index (χ4n) is 4.18. The molecule has 4 rings (SSSR count). The van der Waals surface area contributed by atoms with E-state index >= 15 is 0 Å². The number of likely N-dealkylation sites (tertiary alicyclic amines) is 1. The standard InChI is InChI=1S/C23H28FN5OS/c1-23(14-28(2)15-23)31-19-6-3-16(4-7-19)20-8-5-17(11-21(20)24)22-12-18(30-27-22)13-29(26)10-9-25/h3-11,18H,12-15,25-26H2,1-2H3/b10-9-. The Morgan fingerprint density at radius 2 is 1.97 bits per heavy atom. The first kappa shape index (κ1) is 21.7. The molecular weight excluding hydrogens is 413 g/mol. The fraction of sp³-hybridized carbons (Fsp3) is 0.348. The molecule has 0 radical (unpaired) electrons. The van der Waals surface area contributed by atoms with Crippen molar-refractivity contribution >= 4 is 17.5 Å². The molecule has 164 valence electrons. The molecule has 0 amide bonds.